The Morgan fingerprint density at radius 2 is 1.68 bits per heavy atom. The summed E-state index contributed by atoms with van der Waals surface area (Å²) < 4.78 is 5.24. The molecule has 1 N–H and O–H groups in total. The lowest BCUT2D eigenvalue weighted by atomic mass is 9.99. The maximum absolute atomic E-state index is 13.0. The molecule has 1 fully saturated rings. The molecule has 174 valence electrons. The van der Waals surface area contributed by atoms with Gasteiger partial charge in [0, 0.05) is 22.5 Å². The number of ketones is 1. The fourth-order valence-corrected chi connectivity index (χ4v) is 4.30. The van der Waals surface area contributed by atoms with E-state index in [-0.39, 0.29) is 11.7 Å². The summed E-state index contributed by atoms with van der Waals surface area (Å²) in [6.07, 6.45) is -0.667. The van der Waals surface area contributed by atoms with Gasteiger partial charge >= 0.3 is 6.09 Å². The number of aryl methyl sites for hydroxylation is 1. The SMILES string of the molecule is Cc1ccccc1C(=O)c1ccc(Nc2ccccc2C(C)N2C(=O)OC(C)(C)C2=O)cc1Cl. The number of nitrogens with zero attached hydrogens (tertiary/aromatic N) is 1. The topological polar surface area (TPSA) is 75.7 Å². The van der Waals surface area contributed by atoms with Crippen LogP contribution in [0.5, 0.6) is 0 Å². The number of cyclic esters (lactones) is 1. The first-order valence-corrected chi connectivity index (χ1v) is 11.3. The second-order valence-electron chi connectivity index (χ2n) is 8.78. The molecule has 0 saturated carbocycles. The van der Waals surface area contributed by atoms with Crippen LogP contribution in [0.15, 0.2) is 66.7 Å². The van der Waals surface area contributed by atoms with Gasteiger partial charge < -0.3 is 10.1 Å². The second kappa shape index (κ2) is 8.95. The van der Waals surface area contributed by atoms with Crippen LogP contribution in [0.3, 0.4) is 0 Å². The third-order valence-corrected chi connectivity index (χ3v) is 6.27. The lowest BCUT2D eigenvalue weighted by molar-refractivity contribution is -0.135. The lowest BCUT2D eigenvalue weighted by Crippen LogP contribution is -2.37. The average molecular weight is 477 g/mol. The molecule has 0 spiro atoms. The maximum Gasteiger partial charge on any atom is 0.418 e. The van der Waals surface area contributed by atoms with E-state index in [0.717, 1.165) is 16.0 Å². The Balaban J connectivity index is 1.61. The number of imide groups is 1. The first-order valence-electron chi connectivity index (χ1n) is 10.9. The summed E-state index contributed by atoms with van der Waals surface area (Å²) in [5.74, 6) is -0.528. The fourth-order valence-electron chi connectivity index (χ4n) is 4.04. The number of nitrogens with one attached hydrogen (secondary N) is 1. The van der Waals surface area contributed by atoms with Gasteiger partial charge in [0.2, 0.25) is 0 Å². The van der Waals surface area contributed by atoms with Gasteiger partial charge in [-0.05, 0) is 63.1 Å². The number of carbonyl (C=O) groups is 3. The van der Waals surface area contributed by atoms with Gasteiger partial charge in [-0.2, -0.15) is 0 Å². The molecule has 0 aromatic heterocycles. The van der Waals surface area contributed by atoms with Crippen LogP contribution < -0.4 is 5.32 Å². The molecule has 34 heavy (non-hydrogen) atoms. The number of ether oxygens (including phenoxy) is 1. The Morgan fingerprint density at radius 3 is 2.32 bits per heavy atom. The van der Waals surface area contributed by atoms with Crippen LogP contribution >= 0.6 is 11.6 Å². The maximum atomic E-state index is 13.0. The van der Waals surface area contributed by atoms with Crippen molar-refractivity contribution in [3.05, 3.63) is 94.0 Å². The Morgan fingerprint density at radius 1 is 1.00 bits per heavy atom. The molecule has 1 aliphatic rings. The molecule has 0 aliphatic carbocycles. The van der Waals surface area contributed by atoms with Gasteiger partial charge in [0.25, 0.3) is 5.91 Å². The van der Waals surface area contributed by atoms with Gasteiger partial charge in [-0.3, -0.25) is 9.59 Å². The number of hydrogen-bond acceptors (Lipinski definition) is 5. The molecule has 0 bridgehead atoms. The van der Waals surface area contributed by atoms with E-state index in [1.54, 1.807) is 45.0 Å². The number of benzene rings is 3. The zero-order chi connectivity index (χ0) is 24.6. The summed E-state index contributed by atoms with van der Waals surface area (Å²) >= 11 is 6.49. The summed E-state index contributed by atoms with van der Waals surface area (Å²) in [5.41, 5.74) is 2.82. The molecule has 0 radical (unpaired) electrons. The number of hydrogen-bond donors (Lipinski definition) is 1. The van der Waals surface area contributed by atoms with Gasteiger partial charge in [0.15, 0.2) is 11.4 Å². The number of para-hydroxylation sites is 1. The van der Waals surface area contributed by atoms with Crippen LogP contribution in [-0.4, -0.2) is 28.3 Å². The fraction of sp³-hybridized carbons (Fsp3) is 0.222. The van der Waals surface area contributed by atoms with Gasteiger partial charge in [-0.25, -0.2) is 9.69 Å². The molecule has 3 aromatic carbocycles. The molecular formula is C27H25ClN2O4. The number of anilines is 2. The van der Waals surface area contributed by atoms with Crippen molar-refractivity contribution >= 4 is 40.8 Å². The van der Waals surface area contributed by atoms with Gasteiger partial charge in [0.05, 0.1) is 11.1 Å². The molecule has 1 atom stereocenters. The molecule has 6 nitrogen and oxygen atoms in total. The Hall–Kier alpha value is -3.64. The number of carbonyl (C=O) groups excluding carboxylic acids is 3. The van der Waals surface area contributed by atoms with E-state index in [0.29, 0.717) is 27.5 Å². The lowest BCUT2D eigenvalue weighted by Gasteiger charge is -2.24. The average Bonchev–Trinajstić information content (AvgIpc) is 3.00. The van der Waals surface area contributed by atoms with Crippen LogP contribution in [0.25, 0.3) is 0 Å². The van der Waals surface area contributed by atoms with Crippen molar-refractivity contribution in [3.63, 3.8) is 0 Å². The highest BCUT2D eigenvalue weighted by atomic mass is 35.5. The van der Waals surface area contributed by atoms with Gasteiger partial charge in [-0.15, -0.1) is 0 Å². The Bertz CT molecular complexity index is 1300. The van der Waals surface area contributed by atoms with Crippen LogP contribution in [0, 0.1) is 6.92 Å². The zero-order valence-electron chi connectivity index (χ0n) is 19.4. The van der Waals surface area contributed by atoms with Gasteiger partial charge in [0.1, 0.15) is 0 Å². The highest BCUT2D eigenvalue weighted by molar-refractivity contribution is 6.35. The third-order valence-electron chi connectivity index (χ3n) is 5.95. The minimum absolute atomic E-state index is 0.141. The predicted octanol–water partition coefficient (Wildman–Crippen LogP) is 6.44. The first kappa shape index (κ1) is 23.5. The zero-order valence-corrected chi connectivity index (χ0v) is 20.1. The molecule has 1 unspecified atom stereocenters. The summed E-state index contributed by atoms with van der Waals surface area (Å²) in [4.78, 5) is 39.2. The third kappa shape index (κ3) is 4.29. The first-order chi connectivity index (χ1) is 16.1. The van der Waals surface area contributed by atoms with E-state index in [1.165, 1.54) is 0 Å². The minimum Gasteiger partial charge on any atom is -0.433 e. The van der Waals surface area contributed by atoms with Crippen LogP contribution in [0.2, 0.25) is 5.02 Å². The molecular weight excluding hydrogens is 452 g/mol. The molecule has 1 heterocycles. The molecule has 7 heteroatoms. The van der Waals surface area contributed by atoms with Crippen LogP contribution in [0.4, 0.5) is 16.2 Å². The Labute approximate surface area is 203 Å². The highest BCUT2D eigenvalue weighted by Gasteiger charge is 2.49. The van der Waals surface area contributed by atoms with Crippen molar-refractivity contribution in [2.75, 3.05) is 5.32 Å². The molecule has 2 amide bonds. The summed E-state index contributed by atoms with van der Waals surface area (Å²) in [6, 6.07) is 19.4. The highest BCUT2D eigenvalue weighted by Crippen LogP contribution is 2.36. The number of halogens is 1. The normalized spacial score (nSPS) is 15.7. The van der Waals surface area contributed by atoms with Crippen molar-refractivity contribution in [2.45, 2.75) is 39.3 Å². The summed E-state index contributed by atoms with van der Waals surface area (Å²) in [6.45, 7) is 6.81. The van der Waals surface area contributed by atoms with Gasteiger partial charge in [-0.1, -0.05) is 54.1 Å². The number of rotatable bonds is 6. The van der Waals surface area contributed by atoms with Crippen molar-refractivity contribution in [1.82, 2.24) is 4.90 Å². The predicted molar refractivity (Wildman–Crippen MR) is 132 cm³/mol. The van der Waals surface area contributed by atoms with Crippen LogP contribution in [0.1, 0.15) is 53.9 Å². The molecule has 3 aromatic rings. The van der Waals surface area contributed by atoms with E-state index in [9.17, 15) is 14.4 Å². The minimum atomic E-state index is -1.19. The molecule has 1 aliphatic heterocycles. The molecule has 4 rings (SSSR count). The van der Waals surface area contributed by atoms with E-state index in [1.807, 2.05) is 49.4 Å². The van der Waals surface area contributed by atoms with E-state index in [2.05, 4.69) is 5.32 Å². The van der Waals surface area contributed by atoms with E-state index >= 15 is 0 Å². The smallest absolute Gasteiger partial charge is 0.418 e. The number of amides is 2. The monoisotopic (exact) mass is 476 g/mol. The largest absolute Gasteiger partial charge is 0.433 e. The summed E-state index contributed by atoms with van der Waals surface area (Å²) in [5, 5.41) is 3.62. The quantitative estimate of drug-likeness (QED) is 0.414. The summed E-state index contributed by atoms with van der Waals surface area (Å²) in [7, 11) is 0. The second-order valence-corrected chi connectivity index (χ2v) is 9.19. The van der Waals surface area contributed by atoms with Crippen LogP contribution in [-0.2, 0) is 9.53 Å². The standard InChI is InChI=1S/C27H25ClN2O4/c1-16-9-5-6-10-19(16)24(31)21-14-13-18(15-22(21)28)29-23-12-8-7-11-20(23)17(2)30-25(32)27(3,4)34-26(30)33/h5-15,17,29H,1-4H3. The molecule has 1 saturated heterocycles. The van der Waals surface area contributed by atoms with Crippen molar-refractivity contribution < 1.29 is 19.1 Å². The van der Waals surface area contributed by atoms with Crippen molar-refractivity contribution in [1.29, 1.82) is 0 Å². The van der Waals surface area contributed by atoms with E-state index in [4.69, 9.17) is 16.3 Å². The Kier molecular flexibility index (Phi) is 6.19. The van der Waals surface area contributed by atoms with Crippen molar-refractivity contribution in [3.8, 4) is 0 Å². The van der Waals surface area contributed by atoms with E-state index < -0.39 is 17.7 Å². The van der Waals surface area contributed by atoms with Crippen molar-refractivity contribution in [2.24, 2.45) is 0 Å².